The standard InChI is InChI=1S/C17H27N3O2S/c1-12-13(2)22-11-10-20(12)17(21)18-9-5-8-16-19-14-6-3-4-7-15(14)23-16/h12-13H,3-11H2,1-2H3,(H,18,21)/t12-,13+/m1/s1. The molecule has 0 saturated carbocycles. The Labute approximate surface area is 142 Å². The number of hydrogen-bond acceptors (Lipinski definition) is 4. The lowest BCUT2D eigenvalue weighted by Crippen LogP contribution is -2.54. The van der Waals surface area contributed by atoms with Gasteiger partial charge in [-0.1, -0.05) is 0 Å². The van der Waals surface area contributed by atoms with Crippen LogP contribution in [0.2, 0.25) is 0 Å². The highest BCUT2D eigenvalue weighted by Gasteiger charge is 2.28. The highest BCUT2D eigenvalue weighted by Crippen LogP contribution is 2.27. The summed E-state index contributed by atoms with van der Waals surface area (Å²) in [5, 5.41) is 4.28. The second-order valence-electron chi connectivity index (χ2n) is 6.53. The first-order chi connectivity index (χ1) is 11.1. The van der Waals surface area contributed by atoms with Crippen molar-refractivity contribution in [1.82, 2.24) is 15.2 Å². The zero-order valence-electron chi connectivity index (χ0n) is 14.1. The SMILES string of the molecule is C[C@@H]1OCCN(C(=O)NCCCc2nc3c(s2)CCCC3)[C@@H]1C. The van der Waals surface area contributed by atoms with Crippen molar-refractivity contribution in [3.05, 3.63) is 15.6 Å². The molecule has 1 aliphatic carbocycles. The van der Waals surface area contributed by atoms with E-state index in [1.807, 2.05) is 30.1 Å². The second kappa shape index (κ2) is 7.62. The maximum Gasteiger partial charge on any atom is 0.317 e. The van der Waals surface area contributed by atoms with Gasteiger partial charge in [-0.2, -0.15) is 0 Å². The predicted molar refractivity (Wildman–Crippen MR) is 92.1 cm³/mol. The fraction of sp³-hybridized carbons (Fsp3) is 0.765. The number of urea groups is 1. The Morgan fingerprint density at radius 2 is 2.22 bits per heavy atom. The first-order valence-corrected chi connectivity index (χ1v) is 9.60. The normalized spacial score (nSPS) is 24.3. The van der Waals surface area contributed by atoms with Gasteiger partial charge in [-0.05, 0) is 46.0 Å². The van der Waals surface area contributed by atoms with Crippen LogP contribution in [0.15, 0.2) is 0 Å². The van der Waals surface area contributed by atoms with E-state index in [4.69, 9.17) is 9.72 Å². The molecule has 23 heavy (non-hydrogen) atoms. The van der Waals surface area contributed by atoms with Gasteiger partial charge in [0.1, 0.15) is 0 Å². The Hall–Kier alpha value is -1.14. The Bertz CT molecular complexity index is 522. The van der Waals surface area contributed by atoms with E-state index in [9.17, 15) is 4.79 Å². The monoisotopic (exact) mass is 337 g/mol. The van der Waals surface area contributed by atoms with E-state index in [-0.39, 0.29) is 18.2 Å². The summed E-state index contributed by atoms with van der Waals surface area (Å²) in [5.41, 5.74) is 1.33. The van der Waals surface area contributed by atoms with E-state index in [0.717, 1.165) is 19.3 Å². The molecule has 1 aromatic rings. The number of aromatic nitrogens is 1. The summed E-state index contributed by atoms with van der Waals surface area (Å²) in [5.74, 6) is 0. The molecule has 0 bridgehead atoms. The van der Waals surface area contributed by atoms with Gasteiger partial charge in [0.25, 0.3) is 0 Å². The predicted octanol–water partition coefficient (Wildman–Crippen LogP) is 2.77. The number of nitrogens with one attached hydrogen (secondary N) is 1. The number of carbonyl (C=O) groups excluding carboxylic acids is 1. The average Bonchev–Trinajstić information content (AvgIpc) is 2.96. The third-order valence-electron chi connectivity index (χ3n) is 4.88. The molecule has 2 atom stereocenters. The van der Waals surface area contributed by atoms with Crippen molar-refractivity contribution in [2.75, 3.05) is 19.7 Å². The van der Waals surface area contributed by atoms with Crippen molar-refractivity contribution in [3.63, 3.8) is 0 Å². The summed E-state index contributed by atoms with van der Waals surface area (Å²) in [7, 11) is 0. The van der Waals surface area contributed by atoms with Gasteiger partial charge >= 0.3 is 6.03 Å². The minimum atomic E-state index is 0.0334. The first-order valence-electron chi connectivity index (χ1n) is 8.78. The zero-order valence-corrected chi connectivity index (χ0v) is 15.0. The number of rotatable bonds is 4. The molecular weight excluding hydrogens is 310 g/mol. The van der Waals surface area contributed by atoms with Crippen molar-refractivity contribution in [1.29, 1.82) is 0 Å². The van der Waals surface area contributed by atoms with Crippen LogP contribution in [0.1, 0.15) is 48.7 Å². The van der Waals surface area contributed by atoms with Crippen LogP contribution in [0.4, 0.5) is 4.79 Å². The lowest BCUT2D eigenvalue weighted by Gasteiger charge is -2.37. The summed E-state index contributed by atoms with van der Waals surface area (Å²) in [4.78, 5) is 20.4. The summed E-state index contributed by atoms with van der Waals surface area (Å²) in [6.07, 6.45) is 6.96. The minimum absolute atomic E-state index is 0.0334. The first kappa shape index (κ1) is 16.7. The maximum atomic E-state index is 12.3. The number of morpholine rings is 1. The molecule has 2 amide bonds. The van der Waals surface area contributed by atoms with Crippen molar-refractivity contribution < 1.29 is 9.53 Å². The number of thiazole rings is 1. The zero-order chi connectivity index (χ0) is 16.2. The van der Waals surface area contributed by atoms with Crippen LogP contribution in [-0.2, 0) is 24.0 Å². The van der Waals surface area contributed by atoms with Crippen molar-refractivity contribution in [2.45, 2.75) is 64.5 Å². The number of hydrogen-bond donors (Lipinski definition) is 1. The highest BCUT2D eigenvalue weighted by atomic mass is 32.1. The van der Waals surface area contributed by atoms with Gasteiger partial charge in [-0.15, -0.1) is 11.3 Å². The second-order valence-corrected chi connectivity index (χ2v) is 7.70. The summed E-state index contributed by atoms with van der Waals surface area (Å²) in [6.45, 7) is 6.08. The van der Waals surface area contributed by atoms with E-state index in [1.54, 1.807) is 0 Å². The van der Waals surface area contributed by atoms with Crippen LogP contribution in [0, 0.1) is 0 Å². The molecule has 6 heteroatoms. The van der Waals surface area contributed by atoms with Crippen LogP contribution in [0.5, 0.6) is 0 Å². The molecule has 128 valence electrons. The lowest BCUT2D eigenvalue weighted by molar-refractivity contribution is -0.0375. The number of nitrogens with zero attached hydrogens (tertiary/aromatic N) is 2. The molecule has 2 heterocycles. The topological polar surface area (TPSA) is 54.5 Å². The number of fused-ring (bicyclic) bond motifs is 1. The molecule has 1 N–H and O–H groups in total. The third-order valence-corrected chi connectivity index (χ3v) is 6.10. The van der Waals surface area contributed by atoms with Gasteiger partial charge in [0.2, 0.25) is 0 Å². The highest BCUT2D eigenvalue weighted by molar-refractivity contribution is 7.11. The molecule has 0 spiro atoms. The Morgan fingerprint density at radius 1 is 1.39 bits per heavy atom. The quantitative estimate of drug-likeness (QED) is 0.860. The maximum absolute atomic E-state index is 12.3. The van der Waals surface area contributed by atoms with E-state index in [0.29, 0.717) is 19.7 Å². The van der Waals surface area contributed by atoms with Crippen molar-refractivity contribution >= 4 is 17.4 Å². The Morgan fingerprint density at radius 3 is 3.04 bits per heavy atom. The largest absolute Gasteiger partial charge is 0.375 e. The molecule has 0 radical (unpaired) electrons. The lowest BCUT2D eigenvalue weighted by atomic mass is 10.0. The summed E-state index contributed by atoms with van der Waals surface area (Å²) >= 11 is 1.87. The van der Waals surface area contributed by atoms with E-state index in [2.05, 4.69) is 5.32 Å². The molecule has 2 aliphatic rings. The molecular formula is C17H27N3O2S. The number of ether oxygens (including phenoxy) is 1. The fourth-order valence-electron chi connectivity index (χ4n) is 3.27. The number of amides is 2. The van der Waals surface area contributed by atoms with E-state index >= 15 is 0 Å². The molecule has 1 aliphatic heterocycles. The van der Waals surface area contributed by atoms with Crippen LogP contribution >= 0.6 is 11.3 Å². The van der Waals surface area contributed by atoms with Crippen LogP contribution in [-0.4, -0.2) is 47.8 Å². The molecule has 1 aromatic heterocycles. The number of carbonyl (C=O) groups is 1. The smallest absolute Gasteiger partial charge is 0.317 e. The van der Waals surface area contributed by atoms with Gasteiger partial charge in [0, 0.05) is 24.4 Å². The van der Waals surface area contributed by atoms with Gasteiger partial charge in [-0.25, -0.2) is 9.78 Å². The van der Waals surface area contributed by atoms with Crippen molar-refractivity contribution in [2.24, 2.45) is 0 Å². The van der Waals surface area contributed by atoms with Crippen LogP contribution in [0.25, 0.3) is 0 Å². The van der Waals surface area contributed by atoms with Crippen LogP contribution in [0.3, 0.4) is 0 Å². The van der Waals surface area contributed by atoms with Gasteiger partial charge in [0.15, 0.2) is 0 Å². The van der Waals surface area contributed by atoms with Gasteiger partial charge in [-0.3, -0.25) is 0 Å². The summed E-state index contributed by atoms with van der Waals surface area (Å²) in [6, 6.07) is 0.167. The summed E-state index contributed by atoms with van der Waals surface area (Å²) < 4.78 is 5.57. The molecule has 1 fully saturated rings. The Balaban J connectivity index is 1.41. The molecule has 1 saturated heterocycles. The van der Waals surface area contributed by atoms with Crippen LogP contribution < -0.4 is 5.32 Å². The Kier molecular flexibility index (Phi) is 5.54. The average molecular weight is 337 g/mol. The number of aryl methyl sites for hydroxylation is 3. The fourth-order valence-corrected chi connectivity index (χ4v) is 4.47. The molecule has 5 nitrogen and oxygen atoms in total. The van der Waals surface area contributed by atoms with Gasteiger partial charge in [0.05, 0.1) is 29.5 Å². The van der Waals surface area contributed by atoms with E-state index in [1.165, 1.54) is 34.8 Å². The molecule has 0 aromatic carbocycles. The van der Waals surface area contributed by atoms with Crippen molar-refractivity contribution in [3.8, 4) is 0 Å². The minimum Gasteiger partial charge on any atom is -0.375 e. The van der Waals surface area contributed by atoms with E-state index < -0.39 is 0 Å². The molecule has 3 rings (SSSR count). The van der Waals surface area contributed by atoms with Gasteiger partial charge < -0.3 is 15.0 Å². The third kappa shape index (κ3) is 4.04. The molecule has 0 unspecified atom stereocenters.